The van der Waals surface area contributed by atoms with Crippen molar-refractivity contribution in [2.24, 2.45) is 0 Å². The third-order valence-corrected chi connectivity index (χ3v) is 2.23. The molecule has 1 aromatic rings. The average molecular weight is 236 g/mol. The smallest absolute Gasteiger partial charge is 0.164 e. The number of benzene rings is 1. The molecule has 0 fully saturated rings. The molecule has 0 atom stereocenters. The highest BCUT2D eigenvalue weighted by Gasteiger charge is 2.09. The second-order valence-corrected chi connectivity index (χ2v) is 3.39. The largest absolute Gasteiger partial charge is 0.496 e. The molecule has 0 aliphatic rings. The zero-order valence-corrected chi connectivity index (χ0v) is 10.4. The number of allylic oxidation sites excluding steroid dienone is 1. The van der Waals surface area contributed by atoms with Crippen LogP contribution >= 0.6 is 0 Å². The van der Waals surface area contributed by atoms with Crippen molar-refractivity contribution in [1.82, 2.24) is 0 Å². The van der Waals surface area contributed by atoms with Crippen LogP contribution in [0.2, 0.25) is 0 Å². The molecule has 17 heavy (non-hydrogen) atoms. The topological polar surface area (TPSA) is 44.8 Å². The number of ether oxygens (including phenoxy) is 3. The van der Waals surface area contributed by atoms with Gasteiger partial charge >= 0.3 is 0 Å². The molecule has 0 unspecified atom stereocenters. The molecule has 0 heterocycles. The molecule has 4 heteroatoms. The van der Waals surface area contributed by atoms with Crippen LogP contribution in [0.3, 0.4) is 0 Å². The number of carbonyl (C=O) groups excluding carboxylic acids is 1. The minimum Gasteiger partial charge on any atom is -0.496 e. The first-order valence-electron chi connectivity index (χ1n) is 5.11. The van der Waals surface area contributed by atoms with Crippen LogP contribution in [0.5, 0.6) is 17.2 Å². The second kappa shape index (κ2) is 5.94. The van der Waals surface area contributed by atoms with Crippen LogP contribution < -0.4 is 14.2 Å². The Kier molecular flexibility index (Phi) is 4.57. The molecule has 0 bridgehead atoms. The highest BCUT2D eigenvalue weighted by molar-refractivity contribution is 5.92. The van der Waals surface area contributed by atoms with Crippen LogP contribution in [0.15, 0.2) is 18.2 Å². The van der Waals surface area contributed by atoms with Crippen molar-refractivity contribution < 1.29 is 19.0 Å². The monoisotopic (exact) mass is 236 g/mol. The van der Waals surface area contributed by atoms with Crippen molar-refractivity contribution >= 4 is 11.9 Å². The quantitative estimate of drug-likeness (QED) is 0.736. The summed E-state index contributed by atoms with van der Waals surface area (Å²) in [7, 11) is 4.68. The van der Waals surface area contributed by atoms with Crippen molar-refractivity contribution in [2.45, 2.75) is 6.92 Å². The molecule has 92 valence electrons. The normalized spacial score (nSPS) is 10.4. The van der Waals surface area contributed by atoms with Gasteiger partial charge in [-0.3, -0.25) is 4.79 Å². The van der Waals surface area contributed by atoms with E-state index in [2.05, 4.69) is 0 Å². The van der Waals surface area contributed by atoms with Gasteiger partial charge in [-0.15, -0.1) is 0 Å². The van der Waals surface area contributed by atoms with Crippen LogP contribution in [0.4, 0.5) is 0 Å². The van der Waals surface area contributed by atoms with E-state index in [1.807, 2.05) is 0 Å². The van der Waals surface area contributed by atoms with Crippen molar-refractivity contribution in [1.29, 1.82) is 0 Å². The summed E-state index contributed by atoms with van der Waals surface area (Å²) in [6, 6.07) is 3.48. The van der Waals surface area contributed by atoms with Crippen molar-refractivity contribution in [3.05, 3.63) is 23.8 Å². The Bertz CT molecular complexity index is 435. The number of methoxy groups -OCH3 is 3. The van der Waals surface area contributed by atoms with Crippen LogP contribution in [-0.2, 0) is 4.79 Å². The van der Waals surface area contributed by atoms with Gasteiger partial charge in [0.1, 0.15) is 5.75 Å². The molecule has 0 aliphatic heterocycles. The van der Waals surface area contributed by atoms with Crippen molar-refractivity contribution in [2.75, 3.05) is 21.3 Å². The number of hydrogen-bond acceptors (Lipinski definition) is 4. The molecule has 1 aromatic carbocycles. The van der Waals surface area contributed by atoms with Gasteiger partial charge < -0.3 is 14.2 Å². The molecule has 0 spiro atoms. The minimum atomic E-state index is -0.0261. The van der Waals surface area contributed by atoms with E-state index in [4.69, 9.17) is 14.2 Å². The third kappa shape index (κ3) is 3.24. The lowest BCUT2D eigenvalue weighted by Crippen LogP contribution is -1.94. The average Bonchev–Trinajstić information content (AvgIpc) is 2.34. The Morgan fingerprint density at radius 1 is 1.00 bits per heavy atom. The summed E-state index contributed by atoms with van der Waals surface area (Å²) in [4.78, 5) is 10.9. The van der Waals surface area contributed by atoms with Gasteiger partial charge in [-0.1, -0.05) is 0 Å². The standard InChI is InChI=1S/C13H16O4/c1-9(14)5-6-10-7-12(16-3)13(17-4)8-11(10)15-2/h5-8H,1-4H3/b6-5+. The van der Waals surface area contributed by atoms with Gasteiger partial charge in [0, 0.05) is 11.6 Å². The van der Waals surface area contributed by atoms with E-state index in [0.29, 0.717) is 17.2 Å². The third-order valence-electron chi connectivity index (χ3n) is 2.23. The molecule has 0 saturated carbocycles. The predicted molar refractivity (Wildman–Crippen MR) is 65.8 cm³/mol. The summed E-state index contributed by atoms with van der Waals surface area (Å²) in [5, 5.41) is 0. The maximum Gasteiger partial charge on any atom is 0.164 e. The summed E-state index contributed by atoms with van der Waals surface area (Å²) in [6.07, 6.45) is 3.16. The van der Waals surface area contributed by atoms with E-state index >= 15 is 0 Å². The van der Waals surface area contributed by atoms with Crippen molar-refractivity contribution in [3.63, 3.8) is 0 Å². The van der Waals surface area contributed by atoms with Crippen LogP contribution in [0, 0.1) is 0 Å². The molecule has 1 rings (SSSR count). The highest BCUT2D eigenvalue weighted by Crippen LogP contribution is 2.35. The van der Waals surface area contributed by atoms with Crippen LogP contribution in [-0.4, -0.2) is 27.1 Å². The van der Waals surface area contributed by atoms with Gasteiger partial charge in [0.25, 0.3) is 0 Å². The number of carbonyl (C=O) groups is 1. The number of hydrogen-bond donors (Lipinski definition) is 0. The number of ketones is 1. The maximum absolute atomic E-state index is 10.9. The van der Waals surface area contributed by atoms with E-state index in [9.17, 15) is 4.79 Å². The molecular formula is C13H16O4. The summed E-state index contributed by atoms with van der Waals surface area (Å²) in [5.74, 6) is 1.78. The Morgan fingerprint density at radius 3 is 2.00 bits per heavy atom. The Morgan fingerprint density at radius 2 is 1.53 bits per heavy atom. The van der Waals surface area contributed by atoms with Gasteiger partial charge in [-0.05, 0) is 25.1 Å². The molecule has 0 N–H and O–H groups in total. The molecule has 0 aliphatic carbocycles. The first-order chi connectivity index (χ1) is 8.12. The maximum atomic E-state index is 10.9. The predicted octanol–water partition coefficient (Wildman–Crippen LogP) is 2.31. The fourth-order valence-electron chi connectivity index (χ4n) is 1.39. The summed E-state index contributed by atoms with van der Waals surface area (Å²) < 4.78 is 15.6. The lowest BCUT2D eigenvalue weighted by atomic mass is 10.1. The fourth-order valence-corrected chi connectivity index (χ4v) is 1.39. The zero-order valence-electron chi connectivity index (χ0n) is 10.4. The Balaban J connectivity index is 3.23. The summed E-state index contributed by atoms with van der Waals surface area (Å²) in [5.41, 5.74) is 0.764. The van der Waals surface area contributed by atoms with Gasteiger partial charge in [0.2, 0.25) is 0 Å². The van der Waals surface area contributed by atoms with E-state index in [1.54, 1.807) is 39.5 Å². The second-order valence-electron chi connectivity index (χ2n) is 3.39. The molecular weight excluding hydrogens is 220 g/mol. The zero-order chi connectivity index (χ0) is 12.8. The lowest BCUT2D eigenvalue weighted by Gasteiger charge is -2.11. The highest BCUT2D eigenvalue weighted by atomic mass is 16.5. The Hall–Kier alpha value is -1.97. The molecule has 4 nitrogen and oxygen atoms in total. The van der Waals surface area contributed by atoms with Crippen LogP contribution in [0.25, 0.3) is 6.08 Å². The molecule has 0 amide bonds. The Labute approximate surface area is 101 Å². The van der Waals surface area contributed by atoms with Gasteiger partial charge in [-0.25, -0.2) is 0 Å². The molecule has 0 radical (unpaired) electrons. The van der Waals surface area contributed by atoms with E-state index in [1.165, 1.54) is 13.0 Å². The van der Waals surface area contributed by atoms with Crippen LogP contribution in [0.1, 0.15) is 12.5 Å². The van der Waals surface area contributed by atoms with Gasteiger partial charge in [0.05, 0.1) is 21.3 Å². The molecule has 0 saturated heterocycles. The van der Waals surface area contributed by atoms with Gasteiger partial charge in [0.15, 0.2) is 17.3 Å². The van der Waals surface area contributed by atoms with E-state index in [-0.39, 0.29) is 5.78 Å². The first-order valence-corrected chi connectivity index (χ1v) is 5.11. The van der Waals surface area contributed by atoms with Crippen molar-refractivity contribution in [3.8, 4) is 17.2 Å². The lowest BCUT2D eigenvalue weighted by molar-refractivity contribution is -0.112. The van der Waals surface area contributed by atoms with E-state index < -0.39 is 0 Å². The molecule has 0 aromatic heterocycles. The summed E-state index contributed by atoms with van der Waals surface area (Å²) in [6.45, 7) is 1.49. The number of rotatable bonds is 5. The summed E-state index contributed by atoms with van der Waals surface area (Å²) >= 11 is 0. The minimum absolute atomic E-state index is 0.0261. The van der Waals surface area contributed by atoms with Gasteiger partial charge in [-0.2, -0.15) is 0 Å². The fraction of sp³-hybridized carbons (Fsp3) is 0.308. The van der Waals surface area contributed by atoms with E-state index in [0.717, 1.165) is 5.56 Å². The SMILES string of the molecule is COc1cc(OC)c(OC)cc1/C=C/C(C)=O. The first kappa shape index (κ1) is 13.1.